The topological polar surface area (TPSA) is 84.5 Å². The lowest BCUT2D eigenvalue weighted by Gasteiger charge is -2.08. The summed E-state index contributed by atoms with van der Waals surface area (Å²) in [6.45, 7) is -0.187. The van der Waals surface area contributed by atoms with Crippen LogP contribution in [0.25, 0.3) is 6.08 Å². The average molecular weight is 423 g/mol. The van der Waals surface area contributed by atoms with Crippen molar-refractivity contribution in [2.45, 2.75) is 0 Å². The number of rotatable bonds is 5. The molecule has 27 heavy (non-hydrogen) atoms. The molecule has 2 N–H and O–H groups in total. The van der Waals surface area contributed by atoms with E-state index in [2.05, 4.69) is 10.6 Å². The zero-order valence-electron chi connectivity index (χ0n) is 13.6. The highest BCUT2D eigenvalue weighted by Crippen LogP contribution is 2.26. The van der Waals surface area contributed by atoms with Crippen molar-refractivity contribution in [3.8, 4) is 5.75 Å². The Morgan fingerprint density at radius 3 is 2.48 bits per heavy atom. The molecule has 1 aliphatic rings. The van der Waals surface area contributed by atoms with Crippen molar-refractivity contribution >= 4 is 63.8 Å². The van der Waals surface area contributed by atoms with E-state index in [0.717, 1.165) is 17.3 Å². The Morgan fingerprint density at radius 1 is 1.11 bits per heavy atom. The van der Waals surface area contributed by atoms with Crippen LogP contribution in [0.1, 0.15) is 5.56 Å². The van der Waals surface area contributed by atoms with Gasteiger partial charge in [0.25, 0.3) is 17.1 Å². The van der Waals surface area contributed by atoms with Gasteiger partial charge in [0.05, 0.1) is 15.0 Å². The second kappa shape index (κ2) is 8.47. The van der Waals surface area contributed by atoms with E-state index in [1.807, 2.05) is 0 Å². The highest BCUT2D eigenvalue weighted by Gasteiger charge is 2.24. The molecule has 0 bridgehead atoms. The number of thioether (sulfide) groups is 1. The van der Waals surface area contributed by atoms with E-state index in [0.29, 0.717) is 26.4 Å². The Kier molecular flexibility index (Phi) is 6.05. The first-order valence-corrected chi connectivity index (χ1v) is 9.20. The third-order valence-electron chi connectivity index (χ3n) is 3.39. The number of hydrogen-bond acceptors (Lipinski definition) is 5. The molecule has 9 heteroatoms. The molecular formula is C18H12Cl2N2O4S. The fraction of sp³-hybridized carbons (Fsp3) is 0.0556. The van der Waals surface area contributed by atoms with Gasteiger partial charge in [0.15, 0.2) is 6.61 Å². The molecule has 138 valence electrons. The van der Waals surface area contributed by atoms with E-state index in [4.69, 9.17) is 27.9 Å². The largest absolute Gasteiger partial charge is 0.484 e. The normalized spacial score (nSPS) is 15.0. The number of amides is 3. The predicted molar refractivity (Wildman–Crippen MR) is 106 cm³/mol. The summed E-state index contributed by atoms with van der Waals surface area (Å²) in [4.78, 5) is 34.9. The lowest BCUT2D eigenvalue weighted by Crippen LogP contribution is -2.20. The molecule has 0 spiro atoms. The highest BCUT2D eigenvalue weighted by atomic mass is 35.5. The van der Waals surface area contributed by atoms with Crippen LogP contribution >= 0.6 is 35.0 Å². The maximum Gasteiger partial charge on any atom is 0.290 e. The maximum absolute atomic E-state index is 11.9. The van der Waals surface area contributed by atoms with Crippen LogP contribution in [-0.2, 0) is 9.59 Å². The molecule has 0 atom stereocenters. The molecule has 2 aromatic carbocycles. The molecule has 0 saturated carbocycles. The minimum atomic E-state index is -0.413. The summed E-state index contributed by atoms with van der Waals surface area (Å²) in [5.41, 5.74) is 1.25. The number of hydrogen-bond donors (Lipinski definition) is 2. The van der Waals surface area contributed by atoms with E-state index in [1.54, 1.807) is 48.5 Å². The fourth-order valence-corrected chi connectivity index (χ4v) is 3.13. The Morgan fingerprint density at radius 2 is 1.85 bits per heavy atom. The molecule has 3 amide bonds. The molecule has 0 aliphatic carbocycles. The summed E-state index contributed by atoms with van der Waals surface area (Å²) >= 11 is 12.6. The van der Waals surface area contributed by atoms with Gasteiger partial charge in [0.2, 0.25) is 0 Å². The van der Waals surface area contributed by atoms with E-state index >= 15 is 0 Å². The molecule has 3 rings (SSSR count). The third-order valence-corrected chi connectivity index (χ3v) is 4.94. The standard InChI is InChI=1S/C18H12Cl2N2O4S/c19-13-6-3-11(8-14(13)20)21-16(23)9-26-12-4-1-10(2-5-12)7-15-17(24)22-18(25)27-15/h1-8H,9H2,(H,21,23)(H,22,24,25)/b15-7-. The van der Waals surface area contributed by atoms with Crippen LogP contribution < -0.4 is 15.4 Å². The number of ether oxygens (including phenoxy) is 1. The van der Waals surface area contributed by atoms with Gasteiger partial charge in [-0.2, -0.15) is 0 Å². The number of carbonyl (C=O) groups is 3. The van der Waals surface area contributed by atoms with Gasteiger partial charge in [-0.15, -0.1) is 0 Å². The Balaban J connectivity index is 1.54. The first-order chi connectivity index (χ1) is 12.9. The molecule has 1 saturated heterocycles. The lowest BCUT2D eigenvalue weighted by molar-refractivity contribution is -0.118. The number of anilines is 1. The van der Waals surface area contributed by atoms with Crippen LogP contribution in [0, 0.1) is 0 Å². The molecule has 0 aromatic heterocycles. The van der Waals surface area contributed by atoms with Crippen LogP contribution in [0.4, 0.5) is 10.5 Å². The maximum atomic E-state index is 11.9. The van der Waals surface area contributed by atoms with Gasteiger partial charge in [0.1, 0.15) is 5.75 Å². The van der Waals surface area contributed by atoms with E-state index in [-0.39, 0.29) is 17.8 Å². The van der Waals surface area contributed by atoms with Gasteiger partial charge >= 0.3 is 0 Å². The second-order valence-electron chi connectivity index (χ2n) is 5.39. The van der Waals surface area contributed by atoms with Gasteiger partial charge in [0, 0.05) is 5.69 Å². The van der Waals surface area contributed by atoms with E-state index in [1.165, 1.54) is 0 Å². The van der Waals surface area contributed by atoms with Gasteiger partial charge < -0.3 is 10.1 Å². The Bertz CT molecular complexity index is 945. The van der Waals surface area contributed by atoms with Crippen molar-refractivity contribution < 1.29 is 19.1 Å². The number of halogens is 2. The van der Waals surface area contributed by atoms with Crippen LogP contribution in [0.2, 0.25) is 10.0 Å². The summed E-state index contributed by atoms with van der Waals surface area (Å²) in [6, 6.07) is 11.5. The van der Waals surface area contributed by atoms with Crippen molar-refractivity contribution in [2.75, 3.05) is 11.9 Å². The molecule has 1 fully saturated rings. The number of benzene rings is 2. The van der Waals surface area contributed by atoms with Gasteiger partial charge in [-0.05, 0) is 53.7 Å². The molecular weight excluding hydrogens is 411 g/mol. The number of carbonyl (C=O) groups excluding carboxylic acids is 3. The summed E-state index contributed by atoms with van der Waals surface area (Å²) in [5, 5.41) is 5.20. The quantitative estimate of drug-likeness (QED) is 0.700. The summed E-state index contributed by atoms with van der Waals surface area (Å²) in [7, 11) is 0. The number of imide groups is 1. The summed E-state index contributed by atoms with van der Waals surface area (Å²) in [6.07, 6.45) is 1.60. The zero-order chi connectivity index (χ0) is 19.4. The van der Waals surface area contributed by atoms with Crippen LogP contribution in [0.3, 0.4) is 0 Å². The molecule has 1 aliphatic heterocycles. The molecule has 0 radical (unpaired) electrons. The van der Waals surface area contributed by atoms with Crippen molar-refractivity contribution in [1.82, 2.24) is 5.32 Å². The molecule has 0 unspecified atom stereocenters. The monoisotopic (exact) mass is 422 g/mol. The lowest BCUT2D eigenvalue weighted by atomic mass is 10.2. The summed E-state index contributed by atoms with van der Waals surface area (Å²) in [5.74, 6) is -0.275. The van der Waals surface area contributed by atoms with Crippen molar-refractivity contribution in [1.29, 1.82) is 0 Å². The third kappa shape index (κ3) is 5.26. The van der Waals surface area contributed by atoms with Crippen LogP contribution in [0.5, 0.6) is 5.75 Å². The Hall–Kier alpha value is -2.48. The molecule has 6 nitrogen and oxygen atoms in total. The zero-order valence-corrected chi connectivity index (χ0v) is 16.0. The smallest absolute Gasteiger partial charge is 0.290 e. The minimum absolute atomic E-state index is 0.187. The minimum Gasteiger partial charge on any atom is -0.484 e. The van der Waals surface area contributed by atoms with Gasteiger partial charge in [-0.25, -0.2) is 0 Å². The van der Waals surface area contributed by atoms with Crippen molar-refractivity contribution in [3.05, 3.63) is 63.0 Å². The SMILES string of the molecule is O=C(COc1ccc(/C=C2\SC(=O)NC2=O)cc1)Nc1ccc(Cl)c(Cl)c1. The average Bonchev–Trinajstić information content (AvgIpc) is 2.95. The highest BCUT2D eigenvalue weighted by molar-refractivity contribution is 8.18. The molecule has 2 aromatic rings. The van der Waals surface area contributed by atoms with E-state index < -0.39 is 5.91 Å². The van der Waals surface area contributed by atoms with Crippen LogP contribution in [-0.4, -0.2) is 23.7 Å². The van der Waals surface area contributed by atoms with Gasteiger partial charge in [-0.3, -0.25) is 19.7 Å². The second-order valence-corrected chi connectivity index (χ2v) is 7.22. The van der Waals surface area contributed by atoms with E-state index in [9.17, 15) is 14.4 Å². The Labute approximate surface area is 168 Å². The first kappa shape index (κ1) is 19.3. The van der Waals surface area contributed by atoms with Gasteiger partial charge in [-0.1, -0.05) is 35.3 Å². The van der Waals surface area contributed by atoms with Crippen molar-refractivity contribution in [3.63, 3.8) is 0 Å². The number of nitrogens with one attached hydrogen (secondary N) is 2. The summed E-state index contributed by atoms with van der Waals surface area (Å²) < 4.78 is 5.43. The van der Waals surface area contributed by atoms with Crippen molar-refractivity contribution in [2.24, 2.45) is 0 Å². The first-order valence-electron chi connectivity index (χ1n) is 7.63. The van der Waals surface area contributed by atoms with Crippen LogP contribution in [0.15, 0.2) is 47.4 Å². The molecule has 1 heterocycles. The predicted octanol–water partition coefficient (Wildman–Crippen LogP) is 4.33. The fourth-order valence-electron chi connectivity index (χ4n) is 2.15.